The average molecular weight is 545 g/mol. The van der Waals surface area contributed by atoms with Gasteiger partial charge in [0.25, 0.3) is 0 Å². The molecule has 0 unspecified atom stereocenters. The number of hydrogen-bond acceptors (Lipinski definition) is 2. The quantitative estimate of drug-likeness (QED) is 0.165. The Hall–Kier alpha value is -5.77. The number of ketones is 2. The predicted octanol–water partition coefficient (Wildman–Crippen LogP) is 8.12. The van der Waals surface area contributed by atoms with Crippen molar-refractivity contribution in [3.05, 3.63) is 184 Å². The first-order chi connectivity index (χ1) is 20.4. The summed E-state index contributed by atoms with van der Waals surface area (Å²) >= 11 is 0. The van der Waals surface area contributed by atoms with Crippen molar-refractivity contribution in [3.8, 4) is 23.7 Å². The van der Waals surface area contributed by atoms with Gasteiger partial charge in [0.15, 0.2) is 11.6 Å². The number of carbonyl (C=O) groups is 2. The molecule has 0 atom stereocenters. The Morgan fingerprint density at radius 1 is 0.500 bits per heavy atom. The number of allylic oxidation sites excluding steroid dienone is 1. The highest BCUT2D eigenvalue weighted by molar-refractivity contribution is 6.09. The van der Waals surface area contributed by atoms with Crippen molar-refractivity contribution in [1.82, 2.24) is 0 Å². The molecular formula is C39H25FO2. The molecule has 42 heavy (non-hydrogen) atoms. The molecule has 0 spiro atoms. The van der Waals surface area contributed by atoms with Crippen LogP contribution in [0.4, 0.5) is 4.39 Å². The Morgan fingerprint density at radius 3 is 1.29 bits per heavy atom. The normalized spacial score (nSPS) is 10.0. The fourth-order valence-corrected chi connectivity index (χ4v) is 4.28. The summed E-state index contributed by atoms with van der Waals surface area (Å²) in [4.78, 5) is 25.8. The summed E-state index contributed by atoms with van der Waals surface area (Å²) < 4.78 is 13.2. The van der Waals surface area contributed by atoms with E-state index in [2.05, 4.69) is 30.3 Å². The Labute approximate surface area is 245 Å². The highest BCUT2D eigenvalue weighted by Gasteiger charge is 2.10. The Balaban J connectivity index is 1.31. The van der Waals surface area contributed by atoms with Gasteiger partial charge in [-0.1, -0.05) is 90.4 Å². The summed E-state index contributed by atoms with van der Waals surface area (Å²) in [5.74, 6) is 11.9. The number of rotatable bonds is 5. The van der Waals surface area contributed by atoms with Crippen molar-refractivity contribution < 1.29 is 14.0 Å². The maximum atomic E-state index is 13.2. The smallest absolute Gasteiger partial charge is 0.193 e. The summed E-state index contributed by atoms with van der Waals surface area (Å²) in [5.41, 5.74) is 7.03. The van der Waals surface area contributed by atoms with E-state index in [1.807, 2.05) is 73.7 Å². The number of benzene rings is 5. The molecule has 0 saturated heterocycles. The van der Waals surface area contributed by atoms with E-state index < -0.39 is 0 Å². The van der Waals surface area contributed by atoms with Crippen LogP contribution in [0.3, 0.4) is 0 Å². The Morgan fingerprint density at radius 2 is 0.857 bits per heavy atom. The highest BCUT2D eigenvalue weighted by Crippen LogP contribution is 2.17. The first-order valence-corrected chi connectivity index (χ1v) is 13.3. The zero-order valence-corrected chi connectivity index (χ0v) is 22.9. The number of halogens is 1. The van der Waals surface area contributed by atoms with Crippen molar-refractivity contribution in [2.45, 2.75) is 6.92 Å². The molecule has 5 aromatic carbocycles. The lowest BCUT2D eigenvalue weighted by Gasteiger charge is -2.04. The molecule has 0 saturated carbocycles. The van der Waals surface area contributed by atoms with Crippen LogP contribution in [0.5, 0.6) is 0 Å². The molecule has 0 aliphatic carbocycles. The minimum Gasteiger partial charge on any atom is -0.289 e. The molecule has 0 aliphatic heterocycles. The van der Waals surface area contributed by atoms with E-state index in [1.54, 1.807) is 30.3 Å². The molecule has 5 rings (SSSR count). The van der Waals surface area contributed by atoms with E-state index in [4.69, 9.17) is 0 Å². The van der Waals surface area contributed by atoms with Crippen LogP contribution < -0.4 is 0 Å². The lowest BCUT2D eigenvalue weighted by atomic mass is 9.99. The van der Waals surface area contributed by atoms with Gasteiger partial charge in [0, 0.05) is 44.5 Å². The SMILES string of the molecule is C=C(C)c1ccc(C(=O)c2cccc(C#Cc3cccc(C#Cc4cccc(C(=O)c5ccc(F)cc5)c4)c3)c2)cc1. The van der Waals surface area contributed by atoms with E-state index in [9.17, 15) is 14.0 Å². The van der Waals surface area contributed by atoms with Crippen LogP contribution in [0.25, 0.3) is 5.57 Å². The van der Waals surface area contributed by atoms with Crippen LogP contribution in [0, 0.1) is 29.5 Å². The minimum atomic E-state index is -0.387. The second-order valence-electron chi connectivity index (χ2n) is 9.77. The molecule has 0 heterocycles. The molecule has 0 aliphatic rings. The molecule has 200 valence electrons. The van der Waals surface area contributed by atoms with Crippen LogP contribution in [0.1, 0.15) is 66.6 Å². The Bertz CT molecular complexity index is 1940. The van der Waals surface area contributed by atoms with Crippen molar-refractivity contribution in [3.63, 3.8) is 0 Å². The Kier molecular flexibility index (Phi) is 8.34. The molecule has 0 fully saturated rings. The molecule has 0 radical (unpaired) electrons. The van der Waals surface area contributed by atoms with Gasteiger partial charge < -0.3 is 0 Å². The summed E-state index contributed by atoms with van der Waals surface area (Å²) in [6.07, 6.45) is 0. The van der Waals surface area contributed by atoms with E-state index in [0.29, 0.717) is 27.8 Å². The van der Waals surface area contributed by atoms with Crippen LogP contribution in [0.2, 0.25) is 0 Å². The lowest BCUT2D eigenvalue weighted by Crippen LogP contribution is -2.01. The van der Waals surface area contributed by atoms with Gasteiger partial charge in [-0.25, -0.2) is 4.39 Å². The predicted molar refractivity (Wildman–Crippen MR) is 166 cm³/mol. The number of carbonyl (C=O) groups excluding carboxylic acids is 2. The summed E-state index contributed by atoms with van der Waals surface area (Å²) in [7, 11) is 0. The maximum absolute atomic E-state index is 13.2. The third-order valence-electron chi connectivity index (χ3n) is 6.56. The van der Waals surface area contributed by atoms with Crippen molar-refractivity contribution >= 4 is 17.1 Å². The third-order valence-corrected chi connectivity index (χ3v) is 6.56. The molecule has 0 N–H and O–H groups in total. The molecule has 0 aromatic heterocycles. The van der Waals surface area contributed by atoms with Crippen LogP contribution in [0.15, 0.2) is 128 Å². The van der Waals surface area contributed by atoms with Gasteiger partial charge in [-0.3, -0.25) is 9.59 Å². The fraction of sp³-hybridized carbons (Fsp3) is 0.0256. The van der Waals surface area contributed by atoms with Crippen molar-refractivity contribution in [1.29, 1.82) is 0 Å². The standard InChI is InChI=1S/C39H25FO2/c1-27(2)32-16-18-33(19-17-32)38(41)35-10-4-8-30(25-35)14-12-28-6-3-7-29(24-28)13-15-31-9-5-11-36(26-31)39(42)34-20-22-37(40)23-21-34/h3-11,16-26H,1H2,2H3. The van der Waals surface area contributed by atoms with E-state index in [-0.39, 0.29) is 17.4 Å². The second-order valence-corrected chi connectivity index (χ2v) is 9.77. The van der Waals surface area contributed by atoms with Gasteiger partial charge >= 0.3 is 0 Å². The molecule has 0 amide bonds. The van der Waals surface area contributed by atoms with Crippen LogP contribution in [-0.4, -0.2) is 11.6 Å². The lowest BCUT2D eigenvalue weighted by molar-refractivity contribution is 0.103. The molecule has 3 heteroatoms. The average Bonchev–Trinajstić information content (AvgIpc) is 3.03. The molecular weight excluding hydrogens is 519 g/mol. The van der Waals surface area contributed by atoms with Crippen molar-refractivity contribution in [2.75, 3.05) is 0 Å². The van der Waals surface area contributed by atoms with E-state index in [0.717, 1.165) is 27.8 Å². The maximum Gasteiger partial charge on any atom is 0.193 e. The topological polar surface area (TPSA) is 34.1 Å². The monoisotopic (exact) mass is 544 g/mol. The van der Waals surface area contributed by atoms with Crippen LogP contribution >= 0.6 is 0 Å². The van der Waals surface area contributed by atoms with Gasteiger partial charge in [-0.05, 0) is 79.2 Å². The van der Waals surface area contributed by atoms with Gasteiger partial charge in [0.2, 0.25) is 0 Å². The van der Waals surface area contributed by atoms with Gasteiger partial charge in [-0.15, -0.1) is 0 Å². The first kappa shape index (κ1) is 27.8. The molecule has 0 bridgehead atoms. The summed E-state index contributed by atoms with van der Waals surface area (Å²) in [6.45, 7) is 5.87. The zero-order valence-electron chi connectivity index (χ0n) is 22.9. The molecule has 5 aromatic rings. The second kappa shape index (κ2) is 12.6. The van der Waals surface area contributed by atoms with Gasteiger partial charge in [-0.2, -0.15) is 0 Å². The molecule has 2 nitrogen and oxygen atoms in total. The minimum absolute atomic E-state index is 0.0624. The van der Waals surface area contributed by atoms with Gasteiger partial charge in [0.1, 0.15) is 5.82 Å². The highest BCUT2D eigenvalue weighted by atomic mass is 19.1. The van der Waals surface area contributed by atoms with E-state index >= 15 is 0 Å². The van der Waals surface area contributed by atoms with Crippen molar-refractivity contribution in [2.24, 2.45) is 0 Å². The van der Waals surface area contributed by atoms with E-state index in [1.165, 1.54) is 24.3 Å². The summed E-state index contributed by atoms with van der Waals surface area (Å²) in [6, 6.07) is 34.8. The number of hydrogen-bond donors (Lipinski definition) is 0. The van der Waals surface area contributed by atoms with Gasteiger partial charge in [0.05, 0.1) is 0 Å². The zero-order chi connectivity index (χ0) is 29.5. The first-order valence-electron chi connectivity index (χ1n) is 13.3. The summed E-state index contributed by atoms with van der Waals surface area (Å²) in [5, 5.41) is 0. The van der Waals surface area contributed by atoms with Crippen LogP contribution in [-0.2, 0) is 0 Å². The third kappa shape index (κ3) is 6.86. The largest absolute Gasteiger partial charge is 0.289 e. The fourth-order valence-electron chi connectivity index (χ4n) is 4.28.